The van der Waals surface area contributed by atoms with Gasteiger partial charge in [0.05, 0.1) is 0 Å². The van der Waals surface area contributed by atoms with Crippen molar-refractivity contribution < 1.29 is 9.59 Å². The zero-order chi connectivity index (χ0) is 17.1. The van der Waals surface area contributed by atoms with Crippen LogP contribution in [0.2, 0.25) is 0 Å². The van der Waals surface area contributed by atoms with Gasteiger partial charge in [-0.1, -0.05) is 29.5 Å². The molecule has 0 saturated carbocycles. The first kappa shape index (κ1) is 15.8. The summed E-state index contributed by atoms with van der Waals surface area (Å²) < 4.78 is 1.43. The molecule has 0 unspecified atom stereocenters. The van der Waals surface area contributed by atoms with E-state index in [9.17, 15) is 9.59 Å². The van der Waals surface area contributed by atoms with Crippen LogP contribution < -0.4 is 10.6 Å². The zero-order valence-corrected chi connectivity index (χ0v) is 13.8. The first-order valence-corrected chi connectivity index (χ1v) is 7.86. The smallest absolute Gasteiger partial charge is 0.278 e. The molecule has 8 nitrogen and oxygen atoms in total. The van der Waals surface area contributed by atoms with Crippen molar-refractivity contribution in [2.75, 3.05) is 10.6 Å². The Labute approximate surface area is 141 Å². The van der Waals surface area contributed by atoms with E-state index in [4.69, 9.17) is 0 Å². The lowest BCUT2D eigenvalue weighted by molar-refractivity contribution is 0.101. The molecule has 0 fully saturated rings. The van der Waals surface area contributed by atoms with Gasteiger partial charge in [0.25, 0.3) is 11.8 Å². The summed E-state index contributed by atoms with van der Waals surface area (Å²) in [4.78, 5) is 24.4. The molecule has 2 heterocycles. The molecular weight excluding hydrogens is 328 g/mol. The number of carbonyl (C=O) groups excluding carboxylic acids is 2. The normalized spacial score (nSPS) is 10.4. The van der Waals surface area contributed by atoms with Crippen molar-refractivity contribution in [3.8, 4) is 0 Å². The van der Waals surface area contributed by atoms with E-state index in [0.29, 0.717) is 16.5 Å². The van der Waals surface area contributed by atoms with Gasteiger partial charge in [-0.25, -0.2) is 0 Å². The summed E-state index contributed by atoms with van der Waals surface area (Å²) in [6.07, 6.45) is 0. The van der Waals surface area contributed by atoms with E-state index in [1.54, 1.807) is 38.2 Å². The van der Waals surface area contributed by atoms with Crippen LogP contribution in [-0.4, -0.2) is 31.8 Å². The molecule has 2 amide bonds. The summed E-state index contributed by atoms with van der Waals surface area (Å²) >= 11 is 1.27. The Morgan fingerprint density at radius 2 is 1.83 bits per heavy atom. The van der Waals surface area contributed by atoms with Crippen molar-refractivity contribution in [2.45, 2.75) is 6.92 Å². The van der Waals surface area contributed by atoms with E-state index in [-0.39, 0.29) is 11.6 Å². The van der Waals surface area contributed by atoms with Gasteiger partial charge in [0.1, 0.15) is 10.8 Å². The summed E-state index contributed by atoms with van der Waals surface area (Å²) in [6, 6.07) is 10.3. The summed E-state index contributed by atoms with van der Waals surface area (Å²) in [5, 5.41) is 18.3. The number of benzene rings is 1. The fourth-order valence-corrected chi connectivity index (χ4v) is 2.57. The van der Waals surface area contributed by atoms with Crippen molar-refractivity contribution in [3.05, 3.63) is 52.7 Å². The van der Waals surface area contributed by atoms with Crippen LogP contribution in [0.4, 0.5) is 10.9 Å². The third-order valence-electron chi connectivity index (χ3n) is 3.14. The van der Waals surface area contributed by atoms with Crippen LogP contribution in [0.5, 0.6) is 0 Å². The number of aromatic nitrogens is 4. The van der Waals surface area contributed by atoms with Gasteiger partial charge in [0.15, 0.2) is 5.69 Å². The van der Waals surface area contributed by atoms with Gasteiger partial charge in [-0.2, -0.15) is 5.10 Å². The number of carbonyl (C=O) groups is 2. The molecule has 2 aromatic heterocycles. The average molecular weight is 342 g/mol. The fraction of sp³-hybridized carbons (Fsp3) is 0.133. The van der Waals surface area contributed by atoms with E-state index in [2.05, 4.69) is 25.9 Å². The number of nitrogens with zero attached hydrogens (tertiary/aromatic N) is 4. The van der Waals surface area contributed by atoms with Crippen molar-refractivity contribution >= 4 is 34.1 Å². The summed E-state index contributed by atoms with van der Waals surface area (Å²) in [7, 11) is 1.65. The molecule has 0 saturated heterocycles. The average Bonchev–Trinajstić information content (AvgIpc) is 3.14. The Balaban J connectivity index is 1.73. The minimum Gasteiger partial charge on any atom is -0.307 e. The van der Waals surface area contributed by atoms with Gasteiger partial charge in [0, 0.05) is 18.7 Å². The van der Waals surface area contributed by atoms with Gasteiger partial charge in [0.2, 0.25) is 5.13 Å². The summed E-state index contributed by atoms with van der Waals surface area (Å²) in [5.41, 5.74) is 0.697. The monoisotopic (exact) mass is 342 g/mol. The largest absolute Gasteiger partial charge is 0.307 e. The first-order chi connectivity index (χ1) is 11.5. The first-order valence-electron chi connectivity index (χ1n) is 7.05. The minimum atomic E-state index is -0.415. The predicted molar refractivity (Wildman–Crippen MR) is 90.2 cm³/mol. The van der Waals surface area contributed by atoms with Gasteiger partial charge < -0.3 is 5.32 Å². The van der Waals surface area contributed by atoms with E-state index in [1.165, 1.54) is 22.1 Å². The van der Waals surface area contributed by atoms with Gasteiger partial charge in [-0.3, -0.25) is 19.6 Å². The zero-order valence-electron chi connectivity index (χ0n) is 13.0. The third kappa shape index (κ3) is 3.46. The second kappa shape index (κ2) is 6.59. The molecule has 3 rings (SSSR count). The van der Waals surface area contributed by atoms with E-state index in [0.717, 1.165) is 5.01 Å². The molecule has 0 aliphatic heterocycles. The summed E-state index contributed by atoms with van der Waals surface area (Å²) in [6.45, 7) is 1.80. The lowest BCUT2D eigenvalue weighted by Crippen LogP contribution is -2.14. The van der Waals surface area contributed by atoms with Crippen LogP contribution in [0.15, 0.2) is 36.4 Å². The van der Waals surface area contributed by atoms with E-state index >= 15 is 0 Å². The van der Waals surface area contributed by atoms with Crippen molar-refractivity contribution in [1.29, 1.82) is 0 Å². The fourth-order valence-electron chi connectivity index (χ4n) is 1.98. The topological polar surface area (TPSA) is 102 Å². The second-order valence-electron chi connectivity index (χ2n) is 4.94. The van der Waals surface area contributed by atoms with Crippen molar-refractivity contribution in [3.63, 3.8) is 0 Å². The van der Waals surface area contributed by atoms with Crippen molar-refractivity contribution in [1.82, 2.24) is 20.0 Å². The molecule has 0 spiro atoms. The maximum atomic E-state index is 12.2. The predicted octanol–water partition coefficient (Wildman–Crippen LogP) is 2.08. The maximum absolute atomic E-state index is 12.2. The lowest BCUT2D eigenvalue weighted by atomic mass is 10.2. The SMILES string of the molecule is Cc1nnc(NC(=O)c2cc(NC(=O)c3ccccc3)n(C)n2)s1. The van der Waals surface area contributed by atoms with Gasteiger partial charge >= 0.3 is 0 Å². The standard InChI is InChI=1S/C15H14N6O2S/c1-9-18-19-15(24-9)17-14(23)11-8-12(21(2)20-11)16-13(22)10-6-4-3-5-7-10/h3-8H,1-2H3,(H,16,22)(H,17,19,23). The highest BCUT2D eigenvalue weighted by Gasteiger charge is 2.16. The van der Waals surface area contributed by atoms with Crippen LogP contribution in [0.25, 0.3) is 0 Å². The van der Waals surface area contributed by atoms with Crippen LogP contribution in [0.1, 0.15) is 25.9 Å². The highest BCUT2D eigenvalue weighted by atomic mass is 32.1. The number of amides is 2. The quantitative estimate of drug-likeness (QED) is 0.756. The molecule has 122 valence electrons. The summed E-state index contributed by atoms with van der Waals surface area (Å²) in [5.74, 6) is -0.269. The Morgan fingerprint density at radius 3 is 2.50 bits per heavy atom. The molecule has 0 aliphatic carbocycles. The molecular formula is C15H14N6O2S. The van der Waals surface area contributed by atoms with Crippen LogP contribution >= 0.6 is 11.3 Å². The number of rotatable bonds is 4. The molecule has 3 aromatic rings. The lowest BCUT2D eigenvalue weighted by Gasteiger charge is -2.04. The van der Waals surface area contributed by atoms with Crippen LogP contribution in [0, 0.1) is 6.92 Å². The van der Waals surface area contributed by atoms with Crippen LogP contribution in [0.3, 0.4) is 0 Å². The number of hydrogen-bond acceptors (Lipinski definition) is 6. The molecule has 24 heavy (non-hydrogen) atoms. The van der Waals surface area contributed by atoms with E-state index < -0.39 is 5.91 Å². The number of hydrogen-bond donors (Lipinski definition) is 2. The number of anilines is 2. The molecule has 0 atom stereocenters. The number of aryl methyl sites for hydroxylation is 2. The highest BCUT2D eigenvalue weighted by Crippen LogP contribution is 2.16. The molecule has 2 N–H and O–H groups in total. The molecule has 0 bridgehead atoms. The highest BCUT2D eigenvalue weighted by molar-refractivity contribution is 7.15. The molecule has 1 aromatic carbocycles. The van der Waals surface area contributed by atoms with Gasteiger partial charge in [-0.05, 0) is 19.1 Å². The molecule has 0 aliphatic rings. The Bertz CT molecular complexity index is 887. The third-order valence-corrected chi connectivity index (χ3v) is 3.89. The van der Waals surface area contributed by atoms with Gasteiger partial charge in [-0.15, -0.1) is 10.2 Å². The van der Waals surface area contributed by atoms with Crippen molar-refractivity contribution in [2.24, 2.45) is 7.05 Å². The second-order valence-corrected chi connectivity index (χ2v) is 6.12. The van der Waals surface area contributed by atoms with Crippen LogP contribution in [-0.2, 0) is 7.05 Å². The Morgan fingerprint density at radius 1 is 1.08 bits per heavy atom. The molecule has 0 radical (unpaired) electrons. The maximum Gasteiger partial charge on any atom is 0.278 e. The van der Waals surface area contributed by atoms with E-state index in [1.807, 2.05) is 6.07 Å². The molecule has 9 heteroatoms. The Hall–Kier alpha value is -3.07. The Kier molecular flexibility index (Phi) is 4.34. The minimum absolute atomic E-state index is 0.175. The number of nitrogens with one attached hydrogen (secondary N) is 2.